The lowest BCUT2D eigenvalue weighted by Crippen LogP contribution is -2.53. The fraction of sp³-hybridized carbons (Fsp3) is 0.200. The van der Waals surface area contributed by atoms with Crippen LogP contribution in [0.2, 0.25) is 0 Å². The third-order valence-electron chi connectivity index (χ3n) is 15.5. The topological polar surface area (TPSA) is 66.8 Å². The minimum atomic E-state index is -0.318. The number of fused-ring (bicyclic) bond motifs is 6. The van der Waals surface area contributed by atoms with E-state index in [4.69, 9.17) is 20.0 Å². The van der Waals surface area contributed by atoms with Crippen molar-refractivity contribution in [1.29, 1.82) is 0 Å². The monoisotopic (exact) mass is 886 g/mol. The van der Waals surface area contributed by atoms with Crippen LogP contribution in [0.3, 0.4) is 0 Å². The number of benzene rings is 6. The molecule has 6 aromatic carbocycles. The maximum Gasteiger partial charge on any atom is 0.137 e. The highest BCUT2D eigenvalue weighted by atomic mass is 15.4. The molecule has 2 aliphatic rings. The molecule has 334 valence electrons. The molecule has 8 nitrogen and oxygen atoms in total. The lowest BCUT2D eigenvalue weighted by molar-refractivity contribution is 0.337. The molecule has 0 saturated carbocycles. The summed E-state index contributed by atoms with van der Waals surface area (Å²) >= 11 is 0. The summed E-state index contributed by atoms with van der Waals surface area (Å²) < 4.78 is 4.68. The number of nitrogens with zero attached hydrogens (tertiary/aromatic N) is 8. The van der Waals surface area contributed by atoms with Gasteiger partial charge in [0.15, 0.2) is 0 Å². The highest BCUT2D eigenvalue weighted by Crippen LogP contribution is 2.44. The van der Waals surface area contributed by atoms with Gasteiger partial charge in [0.2, 0.25) is 0 Å². The molecule has 10 aromatic rings. The molecule has 0 atom stereocenters. The first-order valence-electron chi connectivity index (χ1n) is 23.6. The molecule has 4 aromatic heterocycles. The molecule has 12 rings (SSSR count). The van der Waals surface area contributed by atoms with E-state index in [0.29, 0.717) is 0 Å². The number of hydrogen-bond donors (Lipinski definition) is 0. The summed E-state index contributed by atoms with van der Waals surface area (Å²) in [6.07, 6.45) is 4.02. The first-order chi connectivity index (χ1) is 32.7. The van der Waals surface area contributed by atoms with Crippen LogP contribution in [0, 0.1) is 0 Å². The molecule has 0 aliphatic carbocycles. The molecular formula is C60H54N8. The molecule has 0 amide bonds. The van der Waals surface area contributed by atoms with Crippen molar-refractivity contribution in [3.8, 4) is 22.5 Å². The van der Waals surface area contributed by atoms with Gasteiger partial charge in [-0.25, -0.2) is 9.97 Å². The second-order valence-corrected chi connectivity index (χ2v) is 20.4. The lowest BCUT2D eigenvalue weighted by atomic mass is 9.83. The molecule has 0 fully saturated rings. The summed E-state index contributed by atoms with van der Waals surface area (Å²) in [7, 11) is 0. The Bertz CT molecular complexity index is 3420. The third kappa shape index (κ3) is 6.12. The Kier molecular flexibility index (Phi) is 9.07. The minimum absolute atomic E-state index is 0.302. The largest absolute Gasteiger partial charge is 0.308 e. The van der Waals surface area contributed by atoms with E-state index in [0.717, 1.165) is 79.0 Å². The maximum atomic E-state index is 5.26. The zero-order valence-electron chi connectivity index (χ0n) is 39.9. The number of hydrogen-bond acceptors (Lipinski definition) is 6. The van der Waals surface area contributed by atoms with Crippen LogP contribution in [-0.2, 0) is 0 Å². The van der Waals surface area contributed by atoms with Gasteiger partial charge in [-0.2, -0.15) is 0 Å². The summed E-state index contributed by atoms with van der Waals surface area (Å²) in [4.78, 5) is 25.5. The zero-order chi connectivity index (χ0) is 46.7. The van der Waals surface area contributed by atoms with Crippen molar-refractivity contribution in [3.63, 3.8) is 0 Å². The Morgan fingerprint density at radius 1 is 0.338 bits per heavy atom. The highest BCUT2D eigenvalue weighted by molar-refractivity contribution is 6.15. The fourth-order valence-electron chi connectivity index (χ4n) is 10.5. The molecule has 0 N–H and O–H groups in total. The van der Waals surface area contributed by atoms with Crippen molar-refractivity contribution in [3.05, 3.63) is 193 Å². The normalized spacial score (nSPS) is 17.1. The van der Waals surface area contributed by atoms with Crippen molar-refractivity contribution in [2.45, 2.75) is 77.5 Å². The molecule has 0 unspecified atom stereocenters. The minimum Gasteiger partial charge on any atom is -0.308 e. The van der Waals surface area contributed by atoms with Gasteiger partial charge in [-0.15, -0.1) is 0 Å². The van der Waals surface area contributed by atoms with E-state index < -0.39 is 0 Å². The number of para-hydroxylation sites is 2. The summed E-state index contributed by atoms with van der Waals surface area (Å²) in [5, 5.41) is 4.79. The summed E-state index contributed by atoms with van der Waals surface area (Å²) in [5.74, 6) is 3.64. The van der Waals surface area contributed by atoms with E-state index in [2.05, 4.69) is 232 Å². The second kappa shape index (κ2) is 14.8. The smallest absolute Gasteiger partial charge is 0.137 e. The molecule has 2 aliphatic heterocycles. The fourth-order valence-corrected chi connectivity index (χ4v) is 10.5. The molecule has 0 spiro atoms. The van der Waals surface area contributed by atoms with Crippen LogP contribution in [0.1, 0.15) is 66.5 Å². The standard InChI is InChI=1S/C60H54N8/c1-57(2)59(5,6)67(55(63-57)39-19-11-9-12-20-39)53-33-29-43(37-61-53)65-49-25-17-15-23-45(49)47-35-41(27-31-51(47)65)42-28-32-52-48(36-42)46-24-16-18-26-50(46)66(52)44-30-34-54(62-38-44)68-56(40-21-13-10-14-22-40)64-58(3,4)60(68,7)8/h9-38H,1-8H3. The quantitative estimate of drug-likeness (QED) is 0.160. The summed E-state index contributed by atoms with van der Waals surface area (Å²) in [6.45, 7) is 17.9. The average Bonchev–Trinajstić information content (AvgIpc) is 3.98. The van der Waals surface area contributed by atoms with E-state index in [1.54, 1.807) is 0 Å². The number of anilines is 2. The van der Waals surface area contributed by atoms with Gasteiger partial charge in [-0.1, -0.05) is 109 Å². The van der Waals surface area contributed by atoms with Crippen LogP contribution in [0.25, 0.3) is 66.1 Å². The van der Waals surface area contributed by atoms with Crippen molar-refractivity contribution in [2.75, 3.05) is 9.80 Å². The number of amidine groups is 2. The number of rotatable bonds is 7. The van der Waals surface area contributed by atoms with Crippen molar-refractivity contribution >= 4 is 66.9 Å². The van der Waals surface area contributed by atoms with Crippen LogP contribution in [0.15, 0.2) is 192 Å². The molecule has 0 saturated heterocycles. The summed E-state index contributed by atoms with van der Waals surface area (Å²) in [6, 6.07) is 60.7. The predicted molar refractivity (Wildman–Crippen MR) is 283 cm³/mol. The van der Waals surface area contributed by atoms with Crippen LogP contribution in [-0.4, -0.2) is 52.9 Å². The number of pyridine rings is 2. The van der Waals surface area contributed by atoms with Gasteiger partial charge in [0, 0.05) is 32.7 Å². The average molecular weight is 887 g/mol. The third-order valence-corrected chi connectivity index (χ3v) is 15.5. The van der Waals surface area contributed by atoms with Gasteiger partial charge in [0.25, 0.3) is 0 Å². The molecular weight excluding hydrogens is 833 g/mol. The Morgan fingerprint density at radius 3 is 1.09 bits per heavy atom. The molecule has 0 radical (unpaired) electrons. The van der Waals surface area contributed by atoms with Crippen molar-refractivity contribution < 1.29 is 0 Å². The lowest BCUT2D eigenvalue weighted by Gasteiger charge is -2.40. The van der Waals surface area contributed by atoms with E-state index >= 15 is 0 Å². The summed E-state index contributed by atoms with van der Waals surface area (Å²) in [5.41, 5.74) is 9.83. The van der Waals surface area contributed by atoms with E-state index in [9.17, 15) is 0 Å². The molecule has 6 heterocycles. The van der Waals surface area contributed by atoms with Gasteiger partial charge in [-0.05, 0) is 127 Å². The van der Waals surface area contributed by atoms with Crippen molar-refractivity contribution in [2.24, 2.45) is 9.98 Å². The van der Waals surface area contributed by atoms with Gasteiger partial charge in [0.1, 0.15) is 23.3 Å². The predicted octanol–water partition coefficient (Wildman–Crippen LogP) is 14.0. The molecule has 0 bridgehead atoms. The van der Waals surface area contributed by atoms with Gasteiger partial charge >= 0.3 is 0 Å². The van der Waals surface area contributed by atoms with Crippen molar-refractivity contribution in [1.82, 2.24) is 19.1 Å². The molecule has 8 heteroatoms. The first kappa shape index (κ1) is 41.6. The van der Waals surface area contributed by atoms with E-state index in [1.165, 1.54) is 21.5 Å². The second-order valence-electron chi connectivity index (χ2n) is 20.4. The van der Waals surface area contributed by atoms with Gasteiger partial charge in [-0.3, -0.25) is 9.98 Å². The van der Waals surface area contributed by atoms with Crippen LogP contribution < -0.4 is 9.80 Å². The Balaban J connectivity index is 0.907. The number of aliphatic imine (C=N–C) groups is 2. The maximum absolute atomic E-state index is 5.26. The Hall–Kier alpha value is -7.84. The first-order valence-corrected chi connectivity index (χ1v) is 23.6. The SMILES string of the molecule is CC1(C)N=C(c2ccccc2)N(c2ccc(-n3c4ccccc4c4cc(-c5ccc6c(c5)c5ccccc5n6-c5ccc(N6C(c7ccccc7)=NC(C)(C)C6(C)C)nc5)ccc43)cn2)C1(C)C. The van der Waals surface area contributed by atoms with E-state index in [1.807, 2.05) is 24.5 Å². The Morgan fingerprint density at radius 2 is 0.706 bits per heavy atom. The van der Waals surface area contributed by atoms with Gasteiger partial charge in [0.05, 0.1) is 68.0 Å². The van der Waals surface area contributed by atoms with Crippen LogP contribution in [0.4, 0.5) is 11.6 Å². The van der Waals surface area contributed by atoms with Gasteiger partial charge < -0.3 is 18.9 Å². The van der Waals surface area contributed by atoms with E-state index in [-0.39, 0.29) is 22.2 Å². The Labute approximate surface area is 397 Å². The highest BCUT2D eigenvalue weighted by Gasteiger charge is 2.51. The number of aromatic nitrogens is 4. The molecule has 68 heavy (non-hydrogen) atoms. The van der Waals surface area contributed by atoms with Crippen LogP contribution in [0.5, 0.6) is 0 Å². The van der Waals surface area contributed by atoms with Crippen LogP contribution >= 0.6 is 0 Å². The zero-order valence-corrected chi connectivity index (χ0v) is 39.9.